The third-order valence-corrected chi connectivity index (χ3v) is 10.2. The van der Waals surface area contributed by atoms with Crippen molar-refractivity contribution in [3.05, 3.63) is 46.7 Å². The van der Waals surface area contributed by atoms with Gasteiger partial charge in [0.15, 0.2) is 17.7 Å². The summed E-state index contributed by atoms with van der Waals surface area (Å²) in [5, 5.41) is 23.5. The van der Waals surface area contributed by atoms with Crippen LogP contribution in [0.25, 0.3) is 10.9 Å². The lowest BCUT2D eigenvalue weighted by atomic mass is 9.47. The van der Waals surface area contributed by atoms with Crippen LogP contribution in [0.1, 0.15) is 62.8 Å². The van der Waals surface area contributed by atoms with Gasteiger partial charge in [-0.1, -0.05) is 6.92 Å². The largest absolute Gasteiger partial charge is 0.467 e. The predicted octanol–water partition coefficient (Wildman–Crippen LogP) is 3.19. The topological polar surface area (TPSA) is 131 Å². The number of hydrogen-bond donors (Lipinski definition) is 2. The summed E-state index contributed by atoms with van der Waals surface area (Å²) < 4.78 is 23.8. The molecule has 2 bridgehead atoms. The Kier molecular flexibility index (Phi) is 4.99. The summed E-state index contributed by atoms with van der Waals surface area (Å²) in [5.41, 5.74) is 0.873. The van der Waals surface area contributed by atoms with Crippen LogP contribution in [0.2, 0.25) is 0 Å². The molecule has 1 aromatic heterocycles. The highest BCUT2D eigenvalue weighted by molar-refractivity contribution is 5.97. The van der Waals surface area contributed by atoms with Crippen LogP contribution in [-0.4, -0.2) is 64.8 Å². The molecule has 3 fully saturated rings. The molecule has 1 aromatic carbocycles. The third kappa shape index (κ3) is 3.03. The average Bonchev–Trinajstić information content (AvgIpc) is 3.51. The van der Waals surface area contributed by atoms with E-state index < -0.39 is 40.6 Å². The van der Waals surface area contributed by atoms with Gasteiger partial charge in [-0.2, -0.15) is 5.26 Å². The summed E-state index contributed by atoms with van der Waals surface area (Å²) >= 11 is 0. The molecule has 7 rings (SSSR count). The Morgan fingerprint density at radius 3 is 2.82 bits per heavy atom. The van der Waals surface area contributed by atoms with Gasteiger partial charge < -0.3 is 29.0 Å². The molecule has 2 N–H and O–H groups in total. The first-order valence-corrected chi connectivity index (χ1v) is 13.6. The van der Waals surface area contributed by atoms with Gasteiger partial charge in [0.25, 0.3) is 0 Å². The van der Waals surface area contributed by atoms with E-state index in [1.807, 2.05) is 26.0 Å². The normalized spacial score (nSPS) is 39.3. The highest BCUT2D eigenvalue weighted by atomic mass is 16.8. The molecule has 1 saturated heterocycles. The molecular weight excluding hydrogens is 500 g/mol. The molecule has 7 atom stereocenters. The Bertz CT molecular complexity index is 1520. The molecule has 5 aliphatic rings. The SMILES string of the molecule is COC(=O)CO[C@H]1C[C@H]2Cc3c([nH]c4ccc(C#N)cc34)C2[C@@]2(C)CC[C@@]34O[C@@H](C(=O)C=C3[C@]12O)C(C)(C)O4. The molecule has 2 aliphatic heterocycles. The van der Waals surface area contributed by atoms with Crippen LogP contribution in [0.4, 0.5) is 0 Å². The number of hydrogen-bond acceptors (Lipinski definition) is 8. The number of H-pyrrole nitrogens is 1. The van der Waals surface area contributed by atoms with Gasteiger partial charge in [0.2, 0.25) is 0 Å². The maximum absolute atomic E-state index is 13.3. The van der Waals surface area contributed by atoms with E-state index in [1.165, 1.54) is 13.2 Å². The maximum atomic E-state index is 13.3. The van der Waals surface area contributed by atoms with E-state index in [4.69, 9.17) is 18.9 Å². The Hall–Kier alpha value is -3.03. The van der Waals surface area contributed by atoms with Crippen molar-refractivity contribution in [1.82, 2.24) is 4.98 Å². The highest BCUT2D eigenvalue weighted by Crippen LogP contribution is 2.70. The van der Waals surface area contributed by atoms with Crippen LogP contribution in [0, 0.1) is 22.7 Å². The van der Waals surface area contributed by atoms with Crippen molar-refractivity contribution in [3.63, 3.8) is 0 Å². The minimum absolute atomic E-state index is 0.0751. The monoisotopic (exact) mass is 532 g/mol. The molecule has 2 saturated carbocycles. The summed E-state index contributed by atoms with van der Waals surface area (Å²) in [6.45, 7) is 5.42. The van der Waals surface area contributed by atoms with E-state index in [2.05, 4.69) is 18.0 Å². The Morgan fingerprint density at radius 1 is 1.28 bits per heavy atom. The van der Waals surface area contributed by atoms with Crippen molar-refractivity contribution in [1.29, 1.82) is 5.26 Å². The number of aromatic nitrogens is 1. The van der Waals surface area contributed by atoms with Crippen LogP contribution >= 0.6 is 0 Å². The summed E-state index contributed by atoms with van der Waals surface area (Å²) in [4.78, 5) is 29.1. The number of nitriles is 1. The van der Waals surface area contributed by atoms with Crippen LogP contribution in [0.3, 0.4) is 0 Å². The number of methoxy groups -OCH3 is 1. The van der Waals surface area contributed by atoms with Crippen LogP contribution in [0.5, 0.6) is 0 Å². The Labute approximate surface area is 226 Å². The van der Waals surface area contributed by atoms with Crippen molar-refractivity contribution in [2.45, 2.75) is 81.6 Å². The Balaban J connectivity index is 1.40. The minimum Gasteiger partial charge on any atom is -0.467 e. The second-order valence-electron chi connectivity index (χ2n) is 12.5. The first-order chi connectivity index (χ1) is 18.5. The average molecular weight is 533 g/mol. The van der Waals surface area contributed by atoms with E-state index in [1.54, 1.807) is 6.07 Å². The van der Waals surface area contributed by atoms with Gasteiger partial charge in [0, 0.05) is 39.9 Å². The molecule has 0 radical (unpaired) electrons. The lowest BCUT2D eigenvalue weighted by Crippen LogP contribution is -2.70. The van der Waals surface area contributed by atoms with Gasteiger partial charge in [-0.3, -0.25) is 4.79 Å². The number of carbonyl (C=O) groups excluding carboxylic acids is 2. The minimum atomic E-state index is -1.65. The number of aromatic amines is 1. The zero-order valence-electron chi connectivity index (χ0n) is 22.5. The van der Waals surface area contributed by atoms with Crippen LogP contribution in [-0.2, 0) is 35.0 Å². The van der Waals surface area contributed by atoms with Crippen LogP contribution < -0.4 is 0 Å². The quantitative estimate of drug-likeness (QED) is 0.577. The predicted molar refractivity (Wildman–Crippen MR) is 137 cm³/mol. The fraction of sp³-hybridized carbons (Fsp3) is 0.567. The molecule has 3 heterocycles. The highest BCUT2D eigenvalue weighted by Gasteiger charge is 2.75. The lowest BCUT2D eigenvalue weighted by molar-refractivity contribution is -0.267. The number of nitrogens with zero attached hydrogens (tertiary/aromatic N) is 1. The number of benzene rings is 1. The molecule has 0 amide bonds. The first-order valence-electron chi connectivity index (χ1n) is 13.6. The van der Waals surface area contributed by atoms with E-state index in [-0.39, 0.29) is 24.2 Å². The number of fused-ring (bicyclic) bond motifs is 9. The molecule has 204 valence electrons. The van der Waals surface area contributed by atoms with Gasteiger partial charge in [-0.25, -0.2) is 4.79 Å². The number of ether oxygens (including phenoxy) is 4. The fourth-order valence-corrected chi connectivity index (χ4v) is 8.54. The second kappa shape index (κ2) is 7.79. The smallest absolute Gasteiger partial charge is 0.331 e. The number of rotatable bonds is 3. The second-order valence-corrected chi connectivity index (χ2v) is 12.5. The number of carbonyl (C=O) groups is 2. The summed E-state index contributed by atoms with van der Waals surface area (Å²) in [6.07, 6.45) is 2.22. The lowest BCUT2D eigenvalue weighted by Gasteiger charge is -2.63. The van der Waals surface area contributed by atoms with Gasteiger partial charge in [-0.05, 0) is 68.9 Å². The van der Waals surface area contributed by atoms with Crippen molar-refractivity contribution < 1.29 is 33.6 Å². The fourth-order valence-electron chi connectivity index (χ4n) is 8.54. The molecule has 2 aromatic rings. The molecule has 9 heteroatoms. The van der Waals surface area contributed by atoms with Crippen molar-refractivity contribution in [2.24, 2.45) is 11.3 Å². The van der Waals surface area contributed by atoms with Gasteiger partial charge in [0.1, 0.15) is 17.8 Å². The van der Waals surface area contributed by atoms with E-state index in [0.717, 1.165) is 28.6 Å². The van der Waals surface area contributed by atoms with Crippen molar-refractivity contribution >= 4 is 22.7 Å². The van der Waals surface area contributed by atoms with Crippen molar-refractivity contribution in [2.75, 3.05) is 13.7 Å². The van der Waals surface area contributed by atoms with Gasteiger partial charge in [-0.15, -0.1) is 0 Å². The zero-order valence-corrected chi connectivity index (χ0v) is 22.5. The summed E-state index contributed by atoms with van der Waals surface area (Å²) in [6, 6.07) is 7.89. The maximum Gasteiger partial charge on any atom is 0.331 e. The zero-order chi connectivity index (χ0) is 27.5. The molecule has 1 spiro atoms. The molecular formula is C30H32N2O7. The molecule has 1 unspecified atom stereocenters. The summed E-state index contributed by atoms with van der Waals surface area (Å²) in [5.74, 6) is -1.97. The molecule has 3 aliphatic carbocycles. The van der Waals surface area contributed by atoms with E-state index in [0.29, 0.717) is 30.4 Å². The summed E-state index contributed by atoms with van der Waals surface area (Å²) in [7, 11) is 1.30. The standard InChI is InChI=1S/C30H32N2O7/c1-27(2)26-20(33)12-21-29(38-26,39-27)8-7-28(3)24-16(11-22(30(21,28)35)37-14-23(34)36-4)10-18-17-9-15(13-31)5-6-19(17)32-25(18)24/h5-6,9,12,16,22,24,26,32,35H,7-8,10-11,14H2,1-4H3/t16-,22+,24?,26+,28-,29+,30+/m1/s1. The van der Waals surface area contributed by atoms with Gasteiger partial charge in [0.05, 0.1) is 24.8 Å². The first kappa shape index (κ1) is 25.0. The Morgan fingerprint density at radius 2 is 2.08 bits per heavy atom. The number of nitrogens with one attached hydrogen (secondary N) is 1. The third-order valence-electron chi connectivity index (χ3n) is 10.2. The van der Waals surface area contributed by atoms with Gasteiger partial charge >= 0.3 is 5.97 Å². The van der Waals surface area contributed by atoms with E-state index in [9.17, 15) is 20.0 Å². The number of aliphatic hydroxyl groups is 1. The van der Waals surface area contributed by atoms with Crippen LogP contribution in [0.15, 0.2) is 29.8 Å². The number of ketones is 1. The molecule has 39 heavy (non-hydrogen) atoms. The van der Waals surface area contributed by atoms with Crippen molar-refractivity contribution in [3.8, 4) is 6.07 Å². The number of esters is 1. The molecule has 9 nitrogen and oxygen atoms in total. The van der Waals surface area contributed by atoms with E-state index >= 15 is 0 Å².